The normalized spacial score (nSPS) is 11.1. The number of benzene rings is 1. The molecular weight excluding hydrogens is 445 g/mol. The average molecular weight is 464 g/mol. The molecule has 1 rings (SSSR count). The van der Waals surface area contributed by atoms with Crippen molar-refractivity contribution in [2.24, 2.45) is 0 Å². The van der Waals surface area contributed by atoms with Crippen LogP contribution in [0.3, 0.4) is 0 Å². The maximum atomic E-state index is 11.9. The van der Waals surface area contributed by atoms with Gasteiger partial charge in [0.2, 0.25) is 0 Å². The van der Waals surface area contributed by atoms with Crippen molar-refractivity contribution in [2.45, 2.75) is 44.8 Å². The Kier molecular flexibility index (Phi) is 9.62. The zero-order chi connectivity index (χ0) is 17.1. The van der Waals surface area contributed by atoms with Crippen molar-refractivity contribution in [3.63, 3.8) is 0 Å². The Bertz CT molecular complexity index is 640. The third-order valence-electron chi connectivity index (χ3n) is 2.36. The van der Waals surface area contributed by atoms with Crippen LogP contribution in [0.15, 0.2) is 23.1 Å². The Morgan fingerprint density at radius 3 is 1.52 bits per heavy atom. The fourth-order valence-corrected chi connectivity index (χ4v) is 2.10. The molecule has 0 spiro atoms. The van der Waals surface area contributed by atoms with E-state index in [0.29, 0.717) is 0 Å². The maximum absolute atomic E-state index is 11.9. The first-order chi connectivity index (χ1) is 10.0. The molecule has 0 bridgehead atoms. The third-order valence-corrected chi connectivity index (χ3v) is 3.19. The summed E-state index contributed by atoms with van der Waals surface area (Å²) in [6.07, 6.45) is -0.846. The summed E-state index contributed by atoms with van der Waals surface area (Å²) in [4.78, 5) is 23.2. The fourth-order valence-electron chi connectivity index (χ4n) is 1.55. The minimum atomic E-state index is -4.59. The monoisotopic (exact) mass is 464 g/mol. The van der Waals surface area contributed by atoms with Crippen molar-refractivity contribution >= 4 is 91.0 Å². The van der Waals surface area contributed by atoms with Crippen LogP contribution in [0.25, 0.3) is 0 Å². The number of hydrogen-bond acceptors (Lipinski definition) is 6. The van der Waals surface area contributed by atoms with Gasteiger partial charge in [0.05, 0.1) is 28.2 Å². The minimum absolute atomic E-state index is 0. The van der Waals surface area contributed by atoms with Crippen LogP contribution < -0.4 is 0 Å². The summed E-state index contributed by atoms with van der Waals surface area (Å²) in [7, 11) is -4.59. The number of esters is 2. The number of hydrogen-bond donors (Lipinski definition) is 1. The van der Waals surface area contributed by atoms with Gasteiger partial charge in [0.15, 0.2) is 0 Å². The zero-order valence-corrected chi connectivity index (χ0v) is 13.5. The first kappa shape index (κ1) is 23.1. The van der Waals surface area contributed by atoms with Gasteiger partial charge in [-0.25, -0.2) is 9.59 Å². The summed E-state index contributed by atoms with van der Waals surface area (Å²) in [6.45, 7) is 6.49. The molecule has 0 heterocycles. The molecule has 1 N–H and O–H groups in total. The molecule has 0 aromatic heterocycles. The van der Waals surface area contributed by atoms with Gasteiger partial charge in [0, 0.05) is 0 Å². The topological polar surface area (TPSA) is 107 Å². The number of ether oxygens (including phenoxy) is 2. The molecule has 1 aromatic rings. The molecule has 23 heavy (non-hydrogen) atoms. The van der Waals surface area contributed by atoms with E-state index in [1.807, 2.05) is 0 Å². The molecule has 1 aromatic carbocycles. The van der Waals surface area contributed by atoms with Crippen molar-refractivity contribution in [3.05, 3.63) is 29.3 Å². The second kappa shape index (κ2) is 9.57. The Morgan fingerprint density at radius 1 is 0.913 bits per heavy atom. The number of carbonyl (C=O) groups is 2. The molecule has 0 radical (unpaired) electrons. The van der Waals surface area contributed by atoms with Crippen molar-refractivity contribution < 1.29 is 32.0 Å². The van der Waals surface area contributed by atoms with E-state index >= 15 is 0 Å². The predicted octanol–water partition coefficient (Wildman–Crippen LogP) is 1.42. The van der Waals surface area contributed by atoms with E-state index in [1.54, 1.807) is 27.7 Å². The quantitative estimate of drug-likeness (QED) is 0.519. The van der Waals surface area contributed by atoms with Gasteiger partial charge in [-0.15, -0.1) is 0 Å². The molecule has 0 atom stereocenters. The third kappa shape index (κ3) is 7.69. The summed E-state index contributed by atoms with van der Waals surface area (Å²) in [5, 5.41) is 0. The van der Waals surface area contributed by atoms with Crippen LogP contribution in [0, 0.1) is 0 Å². The summed E-state index contributed by atoms with van der Waals surface area (Å²) >= 11 is 0. The van der Waals surface area contributed by atoms with Gasteiger partial charge in [-0.2, -0.15) is 8.42 Å². The van der Waals surface area contributed by atoms with E-state index in [1.165, 1.54) is 0 Å². The van der Waals surface area contributed by atoms with E-state index in [4.69, 9.17) is 14.0 Å². The summed E-state index contributed by atoms with van der Waals surface area (Å²) in [5.74, 6) is -1.61. The molecule has 0 amide bonds. The number of rotatable bonds is 5. The molecule has 0 aliphatic carbocycles. The second-order valence-corrected chi connectivity index (χ2v) is 6.55. The summed E-state index contributed by atoms with van der Waals surface area (Å²) < 4.78 is 41.6. The van der Waals surface area contributed by atoms with E-state index < -0.39 is 39.2 Å². The van der Waals surface area contributed by atoms with Gasteiger partial charge >= 0.3 is 80.8 Å². The molecule has 0 aliphatic heterocycles. The van der Waals surface area contributed by atoms with Crippen LogP contribution in [-0.4, -0.2) is 106 Å². The molecule has 124 valence electrons. The van der Waals surface area contributed by atoms with Crippen molar-refractivity contribution in [2.75, 3.05) is 0 Å². The van der Waals surface area contributed by atoms with Crippen LogP contribution in [0.1, 0.15) is 48.4 Å². The Morgan fingerprint density at radius 2 is 1.26 bits per heavy atom. The van der Waals surface area contributed by atoms with Gasteiger partial charge in [-0.3, -0.25) is 4.55 Å². The van der Waals surface area contributed by atoms with Crippen LogP contribution in [0.5, 0.6) is 0 Å². The van der Waals surface area contributed by atoms with E-state index in [0.717, 1.165) is 18.2 Å². The molecule has 0 fully saturated rings. The summed E-state index contributed by atoms with van der Waals surface area (Å²) in [6, 6.07) is 3.03. The Hall–Kier alpha value is 0.122. The van der Waals surface area contributed by atoms with Gasteiger partial charge in [0.1, 0.15) is 0 Å². The zero-order valence-electron chi connectivity index (χ0n) is 12.7. The first-order valence-corrected chi connectivity index (χ1v) is 7.99. The standard InChI is InChI=1S/C14H18O7S.Cs.H/c1-8(2)20-13(15)10-5-11(14(16)21-9(3)4)7-12(6-10)22(17,18)19;;/h5-9H,1-4H3,(H,17,18,19);;. The number of carbonyl (C=O) groups excluding carboxylic acids is 2. The van der Waals surface area contributed by atoms with E-state index in [-0.39, 0.29) is 80.0 Å². The van der Waals surface area contributed by atoms with E-state index in [2.05, 4.69) is 0 Å². The summed E-state index contributed by atoms with van der Waals surface area (Å²) in [5.41, 5.74) is -0.334. The Labute approximate surface area is 194 Å². The van der Waals surface area contributed by atoms with Crippen molar-refractivity contribution in [3.8, 4) is 0 Å². The van der Waals surface area contributed by atoms with Crippen LogP contribution in [0.2, 0.25) is 0 Å². The van der Waals surface area contributed by atoms with Crippen molar-refractivity contribution in [1.29, 1.82) is 0 Å². The van der Waals surface area contributed by atoms with Crippen LogP contribution in [0.4, 0.5) is 0 Å². The van der Waals surface area contributed by atoms with Gasteiger partial charge in [-0.1, -0.05) is 0 Å². The fraction of sp³-hybridized carbons (Fsp3) is 0.429. The molecule has 7 nitrogen and oxygen atoms in total. The van der Waals surface area contributed by atoms with E-state index in [9.17, 15) is 18.0 Å². The first-order valence-electron chi connectivity index (χ1n) is 6.55. The molecule has 0 aliphatic rings. The van der Waals surface area contributed by atoms with Gasteiger partial charge in [-0.05, 0) is 45.9 Å². The molecule has 0 saturated heterocycles. The average Bonchev–Trinajstić information content (AvgIpc) is 2.35. The van der Waals surface area contributed by atoms with Crippen molar-refractivity contribution in [1.82, 2.24) is 0 Å². The van der Waals surface area contributed by atoms with Gasteiger partial charge in [0.25, 0.3) is 10.1 Å². The molecule has 0 unspecified atom stereocenters. The molecule has 9 heteroatoms. The SMILES string of the molecule is CC(C)OC(=O)c1cc(C(=O)OC(C)C)cc(S(=O)(=O)O)c1.[CsH]. The molecular formula is C14H19CsO7S. The van der Waals surface area contributed by atoms with Gasteiger partial charge < -0.3 is 9.47 Å². The Balaban J connectivity index is 0.00000484. The molecule has 0 saturated carbocycles. The second-order valence-electron chi connectivity index (χ2n) is 5.13. The predicted molar refractivity (Wildman–Crippen MR) is 84.5 cm³/mol. The van der Waals surface area contributed by atoms with Crippen LogP contribution in [-0.2, 0) is 19.6 Å². The van der Waals surface area contributed by atoms with Crippen LogP contribution >= 0.6 is 0 Å².